The third-order valence-corrected chi connectivity index (χ3v) is 0.701. The lowest BCUT2D eigenvalue weighted by atomic mass is 9.85. The topological polar surface area (TPSA) is 79.2 Å². The summed E-state index contributed by atoms with van der Waals surface area (Å²) >= 11 is 0. The second-order valence-electron chi connectivity index (χ2n) is 1.54. The van der Waals surface area contributed by atoms with Crippen LogP contribution < -0.4 is 21.2 Å². The Hall–Kier alpha value is -0.715. The maximum atomic E-state index is 9.47. The fraction of sp³-hybridized carbons (Fsp3) is 0. The minimum Gasteiger partial charge on any atom is -0.379 e. The zero-order valence-corrected chi connectivity index (χ0v) is 6.00. The summed E-state index contributed by atoms with van der Waals surface area (Å²) in [4.78, 5) is 9.47. The summed E-state index contributed by atoms with van der Waals surface area (Å²) in [5.41, 5.74) is 4.53. The van der Waals surface area contributed by atoms with Gasteiger partial charge in [-0.1, -0.05) is 6.58 Å². The SMILES string of the molecule is C=CC(N)=O.[B]1N[B]N[B]N1. The van der Waals surface area contributed by atoms with Crippen molar-refractivity contribution >= 4 is 28.6 Å². The molecule has 0 aromatic rings. The van der Waals surface area contributed by atoms with Gasteiger partial charge in [0.2, 0.25) is 5.91 Å². The highest BCUT2D eigenvalue weighted by molar-refractivity contribution is 6.65. The normalized spacial score (nSPS) is 13.8. The second-order valence-corrected chi connectivity index (χ2v) is 1.54. The fourth-order valence-electron chi connectivity index (χ4n) is 0.269. The molecule has 5 N–H and O–H groups in total. The van der Waals surface area contributed by atoms with Crippen molar-refractivity contribution in [3.8, 4) is 0 Å². The van der Waals surface area contributed by atoms with E-state index >= 15 is 0 Å². The van der Waals surface area contributed by atoms with E-state index in [-0.39, 0.29) is 0 Å². The van der Waals surface area contributed by atoms with Gasteiger partial charge in [-0.2, -0.15) is 0 Å². The fourth-order valence-corrected chi connectivity index (χ4v) is 0.269. The second kappa shape index (κ2) is 7.39. The Morgan fingerprint density at radius 1 is 1.27 bits per heavy atom. The van der Waals surface area contributed by atoms with E-state index in [9.17, 15) is 4.79 Å². The van der Waals surface area contributed by atoms with Gasteiger partial charge in [-0.3, -0.25) is 4.79 Å². The summed E-state index contributed by atoms with van der Waals surface area (Å²) in [5, 5.41) is 8.34. The first-order chi connectivity index (χ1) is 5.27. The standard InChI is InChI=1S/C3H5NO.B3H3N3/c1-2-3(4)5;1-4-2-6-3-5-1/h2H,1H2,(H2,4,5);4-6H. The molecule has 0 bridgehead atoms. The molecule has 1 saturated heterocycles. The number of carbonyl (C=O) groups excluding carboxylic acids is 1. The van der Waals surface area contributed by atoms with Gasteiger partial charge in [0, 0.05) is 0 Å². The largest absolute Gasteiger partial charge is 0.379 e. The van der Waals surface area contributed by atoms with Gasteiger partial charge >= 0.3 is 0 Å². The maximum absolute atomic E-state index is 9.47. The van der Waals surface area contributed by atoms with E-state index in [1.165, 1.54) is 0 Å². The highest BCUT2D eigenvalue weighted by atomic mass is 16.1. The average Bonchev–Trinajstić information content (AvgIpc) is 2.09. The van der Waals surface area contributed by atoms with Gasteiger partial charge in [0.15, 0.2) is 0 Å². The van der Waals surface area contributed by atoms with Crippen LogP contribution in [0.25, 0.3) is 0 Å². The van der Waals surface area contributed by atoms with E-state index < -0.39 is 5.91 Å². The molecule has 0 atom stereocenters. The van der Waals surface area contributed by atoms with E-state index in [2.05, 4.69) is 27.7 Å². The zero-order valence-electron chi connectivity index (χ0n) is 6.00. The lowest BCUT2D eigenvalue weighted by Gasteiger charge is -2.07. The molecule has 11 heavy (non-hydrogen) atoms. The Labute approximate surface area is 68.0 Å². The number of nitrogens with one attached hydrogen (secondary N) is 3. The van der Waals surface area contributed by atoms with Gasteiger partial charge < -0.3 is 21.2 Å². The summed E-state index contributed by atoms with van der Waals surface area (Å²) < 4.78 is 0. The van der Waals surface area contributed by atoms with Gasteiger partial charge in [0.25, 0.3) is 22.6 Å². The smallest absolute Gasteiger partial charge is 0.284 e. The highest BCUT2D eigenvalue weighted by Gasteiger charge is 1.98. The molecule has 1 aliphatic heterocycles. The van der Waals surface area contributed by atoms with Crippen LogP contribution in [0.2, 0.25) is 0 Å². The molecular formula is C3H8B3N4O. The van der Waals surface area contributed by atoms with Gasteiger partial charge in [0.1, 0.15) is 0 Å². The molecule has 1 amide bonds. The number of rotatable bonds is 1. The zero-order chi connectivity index (χ0) is 8.53. The van der Waals surface area contributed by atoms with Crippen LogP contribution in [0.3, 0.4) is 0 Å². The molecule has 1 fully saturated rings. The van der Waals surface area contributed by atoms with Crippen molar-refractivity contribution in [2.24, 2.45) is 5.73 Å². The molecule has 3 radical (unpaired) electrons. The van der Waals surface area contributed by atoms with Crippen LogP contribution in [0.4, 0.5) is 0 Å². The van der Waals surface area contributed by atoms with Crippen LogP contribution in [0, 0.1) is 0 Å². The molecule has 1 aliphatic rings. The van der Waals surface area contributed by atoms with Crippen LogP contribution in [-0.2, 0) is 4.79 Å². The first-order valence-electron chi connectivity index (χ1n) is 2.92. The summed E-state index contributed by atoms with van der Waals surface area (Å²) in [7, 11) is 5.16. The Kier molecular flexibility index (Phi) is 6.91. The van der Waals surface area contributed by atoms with Crippen molar-refractivity contribution in [3.05, 3.63) is 12.7 Å². The van der Waals surface area contributed by atoms with Crippen molar-refractivity contribution in [2.45, 2.75) is 0 Å². The summed E-state index contributed by atoms with van der Waals surface area (Å²) in [6.07, 6.45) is 1.06. The molecule has 5 nitrogen and oxygen atoms in total. The molecule has 0 aromatic heterocycles. The van der Waals surface area contributed by atoms with E-state index in [0.717, 1.165) is 6.08 Å². The van der Waals surface area contributed by atoms with Crippen molar-refractivity contribution in [2.75, 3.05) is 0 Å². The van der Waals surface area contributed by atoms with Crippen LogP contribution in [0.1, 0.15) is 0 Å². The lowest BCUT2D eigenvalue weighted by Crippen LogP contribution is -2.55. The number of nitrogens with two attached hydrogens (primary N) is 1. The summed E-state index contributed by atoms with van der Waals surface area (Å²) in [6.45, 7) is 3.09. The highest BCUT2D eigenvalue weighted by Crippen LogP contribution is 1.48. The number of hydrogen-bond acceptors (Lipinski definition) is 4. The number of primary amides is 1. The summed E-state index contributed by atoms with van der Waals surface area (Å²) in [5.74, 6) is -0.481. The molecule has 0 saturated carbocycles. The molecule has 0 unspecified atom stereocenters. The first kappa shape index (κ1) is 10.3. The summed E-state index contributed by atoms with van der Waals surface area (Å²) in [6, 6.07) is 0. The van der Waals surface area contributed by atoms with Crippen LogP contribution in [-0.4, -0.2) is 28.6 Å². The van der Waals surface area contributed by atoms with Gasteiger partial charge in [-0.15, -0.1) is 0 Å². The number of hydrogen-bond donors (Lipinski definition) is 4. The van der Waals surface area contributed by atoms with E-state index in [1.54, 1.807) is 22.6 Å². The van der Waals surface area contributed by atoms with Crippen molar-refractivity contribution in [1.82, 2.24) is 15.4 Å². The Morgan fingerprint density at radius 3 is 1.64 bits per heavy atom. The molecule has 1 heterocycles. The molecule has 0 spiro atoms. The van der Waals surface area contributed by atoms with Crippen LogP contribution in [0.15, 0.2) is 12.7 Å². The predicted molar refractivity (Wildman–Crippen MR) is 46.1 cm³/mol. The van der Waals surface area contributed by atoms with Gasteiger partial charge in [0.05, 0.1) is 0 Å². The maximum Gasteiger partial charge on any atom is 0.284 e. The molecular weight excluding hydrogens is 140 g/mol. The Morgan fingerprint density at radius 2 is 1.55 bits per heavy atom. The van der Waals surface area contributed by atoms with Gasteiger partial charge in [-0.25, -0.2) is 0 Å². The lowest BCUT2D eigenvalue weighted by molar-refractivity contribution is -0.113. The van der Waals surface area contributed by atoms with Crippen LogP contribution in [0.5, 0.6) is 0 Å². The van der Waals surface area contributed by atoms with Crippen molar-refractivity contribution in [1.29, 1.82) is 0 Å². The predicted octanol–water partition coefficient (Wildman–Crippen LogP) is -2.97. The molecule has 1 rings (SSSR count). The van der Waals surface area contributed by atoms with Crippen LogP contribution >= 0.6 is 0 Å². The van der Waals surface area contributed by atoms with E-state index in [4.69, 9.17) is 0 Å². The third-order valence-electron chi connectivity index (χ3n) is 0.701. The van der Waals surface area contributed by atoms with E-state index in [0.29, 0.717) is 0 Å². The molecule has 0 aliphatic carbocycles. The molecule has 55 valence electrons. The molecule has 0 aromatic carbocycles. The van der Waals surface area contributed by atoms with E-state index in [1.807, 2.05) is 0 Å². The first-order valence-corrected chi connectivity index (χ1v) is 2.92. The van der Waals surface area contributed by atoms with Crippen molar-refractivity contribution < 1.29 is 4.79 Å². The minimum absolute atomic E-state index is 0.481. The minimum atomic E-state index is -0.481. The Balaban J connectivity index is 0.000000187. The monoisotopic (exact) mass is 149 g/mol. The number of carbonyl (C=O) groups is 1. The number of amides is 1. The van der Waals surface area contributed by atoms with Crippen molar-refractivity contribution in [3.63, 3.8) is 0 Å². The molecule has 8 heteroatoms. The average molecular weight is 149 g/mol. The van der Waals surface area contributed by atoms with Gasteiger partial charge in [-0.05, 0) is 6.08 Å². The Bertz CT molecular complexity index is 116. The quantitative estimate of drug-likeness (QED) is 0.237. The third kappa shape index (κ3) is 9.28.